The number of carbonyl (C=O) groups is 1. The van der Waals surface area contributed by atoms with Gasteiger partial charge in [0.25, 0.3) is 0 Å². The fourth-order valence-corrected chi connectivity index (χ4v) is 2.48. The van der Waals surface area contributed by atoms with E-state index in [2.05, 4.69) is 30.9 Å². The summed E-state index contributed by atoms with van der Waals surface area (Å²) in [7, 11) is 0. The first-order chi connectivity index (χ1) is 9.65. The summed E-state index contributed by atoms with van der Waals surface area (Å²) < 4.78 is 5.22. The molecule has 0 fully saturated rings. The highest BCUT2D eigenvalue weighted by Crippen LogP contribution is 2.31. The normalized spacial score (nSPS) is 12.9. The van der Waals surface area contributed by atoms with Crippen molar-refractivity contribution in [3.8, 4) is 0 Å². The fourth-order valence-electron chi connectivity index (χ4n) is 2.09. The Bertz CT molecular complexity index is 510. The Kier molecular flexibility index (Phi) is 5.96. The van der Waals surface area contributed by atoms with Crippen LogP contribution in [0.15, 0.2) is 12.1 Å². The molecule has 0 aliphatic rings. The zero-order chi connectivity index (χ0) is 16.2. The number of rotatable bonds is 4. The highest BCUT2D eigenvalue weighted by molar-refractivity contribution is 7.80. The first-order valence-electron chi connectivity index (χ1n) is 7.18. The van der Waals surface area contributed by atoms with Crippen molar-refractivity contribution in [1.82, 2.24) is 5.32 Å². The van der Waals surface area contributed by atoms with E-state index < -0.39 is 11.7 Å². The molecular formula is C16H26N2O2S. The predicted molar refractivity (Wildman–Crippen MR) is 90.9 cm³/mol. The zero-order valence-electron chi connectivity index (χ0n) is 13.5. The molecule has 0 saturated heterocycles. The van der Waals surface area contributed by atoms with E-state index >= 15 is 0 Å². The van der Waals surface area contributed by atoms with E-state index in [9.17, 15) is 4.79 Å². The van der Waals surface area contributed by atoms with Crippen LogP contribution in [0.5, 0.6) is 0 Å². The van der Waals surface area contributed by atoms with Gasteiger partial charge < -0.3 is 15.8 Å². The summed E-state index contributed by atoms with van der Waals surface area (Å²) in [5.41, 5.74) is 9.60. The summed E-state index contributed by atoms with van der Waals surface area (Å²) in [6.07, 6.45) is 0.439. The largest absolute Gasteiger partial charge is 0.444 e. The maximum atomic E-state index is 11.7. The number of aryl methyl sites for hydroxylation is 2. The van der Waals surface area contributed by atoms with Crippen molar-refractivity contribution >= 4 is 24.4 Å². The average Bonchev–Trinajstić information content (AvgIpc) is 2.37. The molecule has 0 saturated carbocycles. The van der Waals surface area contributed by atoms with E-state index in [0.717, 1.165) is 28.8 Å². The topological polar surface area (TPSA) is 64.3 Å². The van der Waals surface area contributed by atoms with Gasteiger partial charge in [0.15, 0.2) is 0 Å². The molecule has 3 N–H and O–H groups in total. The van der Waals surface area contributed by atoms with Crippen LogP contribution in [0.2, 0.25) is 0 Å². The van der Waals surface area contributed by atoms with E-state index in [1.165, 1.54) is 0 Å². The predicted octanol–water partition coefficient (Wildman–Crippen LogP) is 3.64. The van der Waals surface area contributed by atoms with E-state index in [1.807, 2.05) is 33.8 Å². The van der Waals surface area contributed by atoms with E-state index in [1.54, 1.807) is 0 Å². The van der Waals surface area contributed by atoms with Gasteiger partial charge in [-0.15, -0.1) is 0 Å². The van der Waals surface area contributed by atoms with Crippen LogP contribution in [0, 0.1) is 6.92 Å². The number of nitrogens with one attached hydrogen (secondary N) is 1. The van der Waals surface area contributed by atoms with Crippen LogP contribution in [-0.2, 0) is 11.2 Å². The number of alkyl carbamates (subject to hydrolysis) is 1. The van der Waals surface area contributed by atoms with Crippen LogP contribution in [-0.4, -0.2) is 18.2 Å². The second-order valence-corrected chi connectivity index (χ2v) is 6.74. The molecule has 1 aromatic rings. The molecule has 5 heteroatoms. The number of carbonyl (C=O) groups excluding carboxylic acids is 1. The first kappa shape index (κ1) is 17.7. The number of thiol groups is 1. The van der Waals surface area contributed by atoms with Gasteiger partial charge in [-0.1, -0.05) is 19.1 Å². The number of hydrogen-bond donors (Lipinski definition) is 3. The number of benzene rings is 1. The third-order valence-corrected chi connectivity index (χ3v) is 3.59. The molecule has 0 aliphatic heterocycles. The van der Waals surface area contributed by atoms with Crippen LogP contribution in [0.3, 0.4) is 0 Å². The Morgan fingerprint density at radius 3 is 2.57 bits per heavy atom. The highest BCUT2D eigenvalue weighted by Gasteiger charge is 2.19. The minimum absolute atomic E-state index is 0.160. The molecule has 0 aromatic heterocycles. The average molecular weight is 310 g/mol. The van der Waals surface area contributed by atoms with Gasteiger partial charge in [-0.2, -0.15) is 12.6 Å². The molecule has 1 unspecified atom stereocenters. The Hall–Kier alpha value is -1.36. The smallest absolute Gasteiger partial charge is 0.407 e. The second kappa shape index (κ2) is 7.07. The van der Waals surface area contributed by atoms with Gasteiger partial charge in [0.05, 0.1) is 0 Å². The van der Waals surface area contributed by atoms with Gasteiger partial charge in [0.2, 0.25) is 0 Å². The number of amides is 1. The summed E-state index contributed by atoms with van der Waals surface area (Å²) in [6.45, 7) is 9.92. The van der Waals surface area contributed by atoms with Crippen molar-refractivity contribution in [2.75, 3.05) is 12.3 Å². The molecule has 1 aromatic carbocycles. The lowest BCUT2D eigenvalue weighted by Crippen LogP contribution is -2.34. The number of nitrogen functional groups attached to an aromatic ring is 1. The maximum Gasteiger partial charge on any atom is 0.407 e. The quantitative estimate of drug-likeness (QED) is 0.588. The summed E-state index contributed by atoms with van der Waals surface area (Å²) in [5.74, 6) is 0. The van der Waals surface area contributed by atoms with Crippen molar-refractivity contribution in [3.63, 3.8) is 0 Å². The van der Waals surface area contributed by atoms with E-state index in [0.29, 0.717) is 6.54 Å². The number of nitrogens with two attached hydrogens (primary N) is 1. The number of anilines is 1. The highest BCUT2D eigenvalue weighted by atomic mass is 32.1. The van der Waals surface area contributed by atoms with Crippen molar-refractivity contribution < 1.29 is 9.53 Å². The molecule has 0 heterocycles. The molecular weight excluding hydrogens is 284 g/mol. The lowest BCUT2D eigenvalue weighted by atomic mass is 9.97. The molecule has 1 atom stereocenters. The lowest BCUT2D eigenvalue weighted by Gasteiger charge is -2.22. The molecule has 1 amide bonds. The Labute approximate surface area is 132 Å². The molecule has 0 radical (unpaired) electrons. The summed E-state index contributed by atoms with van der Waals surface area (Å²) >= 11 is 4.60. The van der Waals surface area contributed by atoms with Crippen LogP contribution in [0.25, 0.3) is 0 Å². The minimum atomic E-state index is -0.507. The van der Waals surface area contributed by atoms with Crippen LogP contribution < -0.4 is 11.1 Å². The van der Waals surface area contributed by atoms with Crippen LogP contribution in [0.4, 0.5) is 10.5 Å². The van der Waals surface area contributed by atoms with Gasteiger partial charge in [-0.3, -0.25) is 0 Å². The zero-order valence-corrected chi connectivity index (χ0v) is 14.4. The third kappa shape index (κ3) is 5.16. The van der Waals surface area contributed by atoms with Gasteiger partial charge >= 0.3 is 6.09 Å². The van der Waals surface area contributed by atoms with Crippen molar-refractivity contribution in [3.05, 3.63) is 28.8 Å². The number of ether oxygens (including phenoxy) is 1. The van der Waals surface area contributed by atoms with Crippen molar-refractivity contribution in [1.29, 1.82) is 0 Å². The fraction of sp³-hybridized carbons (Fsp3) is 0.562. The van der Waals surface area contributed by atoms with Crippen LogP contribution in [0.1, 0.15) is 49.6 Å². The lowest BCUT2D eigenvalue weighted by molar-refractivity contribution is 0.0528. The molecule has 0 aliphatic carbocycles. The molecule has 118 valence electrons. The summed E-state index contributed by atoms with van der Waals surface area (Å²) in [6, 6.07) is 4.08. The first-order valence-corrected chi connectivity index (χ1v) is 7.70. The summed E-state index contributed by atoms with van der Waals surface area (Å²) in [5, 5.41) is 2.58. The number of hydrogen-bond acceptors (Lipinski definition) is 4. The van der Waals surface area contributed by atoms with Crippen molar-refractivity contribution in [2.45, 2.75) is 51.9 Å². The van der Waals surface area contributed by atoms with Gasteiger partial charge in [0.1, 0.15) is 5.60 Å². The minimum Gasteiger partial charge on any atom is -0.444 e. The molecule has 0 bridgehead atoms. The monoisotopic (exact) mass is 310 g/mol. The second-order valence-electron chi connectivity index (χ2n) is 6.12. The molecule has 0 spiro atoms. The van der Waals surface area contributed by atoms with Crippen molar-refractivity contribution in [2.24, 2.45) is 0 Å². The standard InChI is InChI=1S/C16H26N2O2S/c1-6-11-8-7-10(2)14(17)13(11)12(21)9-18-15(19)20-16(3,4)5/h7-8,12,21H,6,9,17H2,1-5H3,(H,18,19). The Morgan fingerprint density at radius 1 is 1.43 bits per heavy atom. The maximum absolute atomic E-state index is 11.7. The van der Waals surface area contributed by atoms with E-state index in [-0.39, 0.29) is 5.25 Å². The Balaban J connectivity index is 2.79. The van der Waals surface area contributed by atoms with Gasteiger partial charge in [-0.05, 0) is 50.8 Å². The molecule has 4 nitrogen and oxygen atoms in total. The van der Waals surface area contributed by atoms with Gasteiger partial charge in [-0.25, -0.2) is 4.79 Å². The van der Waals surface area contributed by atoms with Crippen LogP contribution >= 0.6 is 12.6 Å². The third-order valence-electron chi connectivity index (χ3n) is 3.15. The summed E-state index contributed by atoms with van der Waals surface area (Å²) in [4.78, 5) is 11.7. The van der Waals surface area contributed by atoms with Gasteiger partial charge in [0, 0.05) is 17.5 Å². The SMILES string of the molecule is CCc1ccc(C)c(N)c1C(S)CNC(=O)OC(C)(C)C. The Morgan fingerprint density at radius 2 is 2.05 bits per heavy atom. The molecule has 1 rings (SSSR count). The molecule has 21 heavy (non-hydrogen) atoms. The van der Waals surface area contributed by atoms with E-state index in [4.69, 9.17) is 10.5 Å².